The molecule has 0 radical (unpaired) electrons. The standard InChI is InChI=1S/C15H32N4O/c1-5-6-17-14(20)11-13(12-16)18-7-9-19(10-8-18)15(2,3)4/h13H,5-12,16H2,1-4H3,(H,17,20). The predicted molar refractivity (Wildman–Crippen MR) is 83.7 cm³/mol. The summed E-state index contributed by atoms with van der Waals surface area (Å²) in [7, 11) is 0. The number of amides is 1. The summed E-state index contributed by atoms with van der Waals surface area (Å²) in [6.45, 7) is 14.2. The van der Waals surface area contributed by atoms with Crippen LogP contribution in [0.15, 0.2) is 0 Å². The van der Waals surface area contributed by atoms with Crippen molar-refractivity contribution in [2.75, 3.05) is 39.3 Å². The molecule has 20 heavy (non-hydrogen) atoms. The van der Waals surface area contributed by atoms with Crippen LogP contribution in [0.2, 0.25) is 0 Å². The molecule has 1 aliphatic heterocycles. The van der Waals surface area contributed by atoms with E-state index in [1.807, 2.05) is 0 Å². The minimum absolute atomic E-state index is 0.126. The zero-order chi connectivity index (χ0) is 15.2. The number of nitrogens with one attached hydrogen (secondary N) is 1. The molecule has 1 aliphatic rings. The number of hydrogen-bond acceptors (Lipinski definition) is 4. The fraction of sp³-hybridized carbons (Fsp3) is 0.933. The Morgan fingerprint density at radius 1 is 1.25 bits per heavy atom. The van der Waals surface area contributed by atoms with E-state index in [1.54, 1.807) is 0 Å². The third-order valence-electron chi connectivity index (χ3n) is 4.04. The summed E-state index contributed by atoms with van der Waals surface area (Å²) in [5, 5.41) is 2.94. The highest BCUT2D eigenvalue weighted by molar-refractivity contribution is 5.76. The molecule has 0 aromatic carbocycles. The summed E-state index contributed by atoms with van der Waals surface area (Å²) in [6, 6.07) is 0.175. The highest BCUT2D eigenvalue weighted by Gasteiger charge is 2.29. The van der Waals surface area contributed by atoms with Gasteiger partial charge in [-0.05, 0) is 27.2 Å². The fourth-order valence-corrected chi connectivity index (χ4v) is 2.67. The normalized spacial score (nSPS) is 19.9. The fourth-order valence-electron chi connectivity index (χ4n) is 2.67. The lowest BCUT2D eigenvalue weighted by Gasteiger charge is -2.44. The Morgan fingerprint density at radius 2 is 1.85 bits per heavy atom. The quantitative estimate of drug-likeness (QED) is 0.752. The van der Waals surface area contributed by atoms with Crippen molar-refractivity contribution < 1.29 is 4.79 Å². The van der Waals surface area contributed by atoms with Crippen LogP contribution < -0.4 is 11.1 Å². The topological polar surface area (TPSA) is 61.6 Å². The van der Waals surface area contributed by atoms with Crippen molar-refractivity contribution in [2.24, 2.45) is 5.73 Å². The third kappa shape index (κ3) is 5.38. The number of carbonyl (C=O) groups is 1. The van der Waals surface area contributed by atoms with Gasteiger partial charge >= 0.3 is 0 Å². The van der Waals surface area contributed by atoms with Gasteiger partial charge in [-0.1, -0.05) is 6.92 Å². The molecule has 0 bridgehead atoms. The van der Waals surface area contributed by atoms with Crippen molar-refractivity contribution in [3.05, 3.63) is 0 Å². The van der Waals surface area contributed by atoms with Crippen LogP contribution in [0.4, 0.5) is 0 Å². The smallest absolute Gasteiger partial charge is 0.221 e. The van der Waals surface area contributed by atoms with E-state index in [4.69, 9.17) is 5.73 Å². The van der Waals surface area contributed by atoms with Gasteiger partial charge < -0.3 is 11.1 Å². The summed E-state index contributed by atoms with van der Waals surface area (Å²) in [6.07, 6.45) is 1.50. The summed E-state index contributed by atoms with van der Waals surface area (Å²) < 4.78 is 0. The Kier molecular flexibility index (Phi) is 6.92. The van der Waals surface area contributed by atoms with E-state index >= 15 is 0 Å². The Labute approximate surface area is 123 Å². The van der Waals surface area contributed by atoms with E-state index in [0.29, 0.717) is 13.0 Å². The van der Waals surface area contributed by atoms with Gasteiger partial charge in [0.05, 0.1) is 0 Å². The minimum atomic E-state index is 0.126. The maximum Gasteiger partial charge on any atom is 0.221 e. The monoisotopic (exact) mass is 284 g/mol. The second-order valence-electron chi connectivity index (χ2n) is 6.64. The second kappa shape index (κ2) is 7.96. The van der Waals surface area contributed by atoms with Crippen molar-refractivity contribution in [3.63, 3.8) is 0 Å². The molecule has 1 atom stereocenters. The van der Waals surface area contributed by atoms with Crippen LogP contribution >= 0.6 is 0 Å². The molecule has 1 fully saturated rings. The number of carbonyl (C=O) groups excluding carboxylic acids is 1. The summed E-state index contributed by atoms with van der Waals surface area (Å²) in [5.41, 5.74) is 6.09. The molecule has 0 aromatic rings. The molecule has 5 nitrogen and oxygen atoms in total. The molecule has 5 heteroatoms. The first-order valence-electron chi connectivity index (χ1n) is 7.84. The van der Waals surface area contributed by atoms with Crippen molar-refractivity contribution in [2.45, 2.75) is 52.1 Å². The van der Waals surface area contributed by atoms with Crippen LogP contribution in [0.3, 0.4) is 0 Å². The first-order valence-corrected chi connectivity index (χ1v) is 7.84. The highest BCUT2D eigenvalue weighted by atomic mass is 16.1. The predicted octanol–water partition coefficient (Wildman–Crippen LogP) is 0.646. The van der Waals surface area contributed by atoms with Crippen LogP contribution in [0.25, 0.3) is 0 Å². The van der Waals surface area contributed by atoms with Gasteiger partial charge in [-0.3, -0.25) is 14.6 Å². The molecule has 0 saturated carbocycles. The number of nitrogens with zero attached hydrogens (tertiary/aromatic N) is 2. The largest absolute Gasteiger partial charge is 0.356 e. The SMILES string of the molecule is CCCNC(=O)CC(CN)N1CCN(C(C)(C)C)CC1. The van der Waals surface area contributed by atoms with E-state index in [0.717, 1.165) is 39.1 Å². The van der Waals surface area contributed by atoms with Crippen molar-refractivity contribution in [1.29, 1.82) is 0 Å². The Morgan fingerprint density at radius 3 is 2.30 bits per heavy atom. The first-order chi connectivity index (χ1) is 9.38. The summed E-state index contributed by atoms with van der Waals surface area (Å²) in [5.74, 6) is 0.126. The van der Waals surface area contributed by atoms with E-state index in [1.165, 1.54) is 0 Å². The molecule has 1 unspecified atom stereocenters. The number of nitrogens with two attached hydrogens (primary N) is 1. The molecule has 1 heterocycles. The van der Waals surface area contributed by atoms with E-state index in [-0.39, 0.29) is 17.5 Å². The van der Waals surface area contributed by atoms with E-state index < -0.39 is 0 Å². The average Bonchev–Trinajstić information content (AvgIpc) is 2.41. The van der Waals surface area contributed by atoms with Crippen molar-refractivity contribution in [3.8, 4) is 0 Å². The van der Waals surface area contributed by atoms with Gasteiger partial charge in [-0.2, -0.15) is 0 Å². The van der Waals surface area contributed by atoms with Crippen LogP contribution in [0.1, 0.15) is 40.5 Å². The van der Waals surface area contributed by atoms with Gasteiger partial charge in [0.1, 0.15) is 0 Å². The second-order valence-corrected chi connectivity index (χ2v) is 6.64. The Bertz CT molecular complexity index is 293. The molecule has 0 spiro atoms. The lowest BCUT2D eigenvalue weighted by atomic mass is 10.0. The van der Waals surface area contributed by atoms with Gasteiger partial charge in [-0.25, -0.2) is 0 Å². The first kappa shape index (κ1) is 17.4. The zero-order valence-electron chi connectivity index (χ0n) is 13.6. The Balaban J connectivity index is 2.42. The van der Waals surface area contributed by atoms with Gasteiger partial charge in [0.25, 0.3) is 0 Å². The van der Waals surface area contributed by atoms with Gasteiger partial charge in [0, 0.05) is 57.3 Å². The Hall–Kier alpha value is -0.650. The van der Waals surface area contributed by atoms with Crippen LogP contribution in [0, 0.1) is 0 Å². The van der Waals surface area contributed by atoms with Gasteiger partial charge in [-0.15, -0.1) is 0 Å². The van der Waals surface area contributed by atoms with Crippen LogP contribution in [-0.4, -0.2) is 66.6 Å². The van der Waals surface area contributed by atoms with E-state index in [2.05, 4.69) is 42.8 Å². The summed E-state index contributed by atoms with van der Waals surface area (Å²) in [4.78, 5) is 16.7. The molecular formula is C15H32N4O. The lowest BCUT2D eigenvalue weighted by molar-refractivity contribution is -0.122. The van der Waals surface area contributed by atoms with Crippen molar-refractivity contribution in [1.82, 2.24) is 15.1 Å². The van der Waals surface area contributed by atoms with Gasteiger partial charge in [0.2, 0.25) is 5.91 Å². The number of piperazine rings is 1. The molecule has 1 rings (SSSR count). The highest BCUT2D eigenvalue weighted by Crippen LogP contribution is 2.17. The molecule has 1 amide bonds. The minimum Gasteiger partial charge on any atom is -0.356 e. The van der Waals surface area contributed by atoms with Crippen molar-refractivity contribution >= 4 is 5.91 Å². The third-order valence-corrected chi connectivity index (χ3v) is 4.04. The van der Waals surface area contributed by atoms with Crippen LogP contribution in [0.5, 0.6) is 0 Å². The number of rotatable bonds is 6. The van der Waals surface area contributed by atoms with Gasteiger partial charge in [0.15, 0.2) is 0 Å². The molecular weight excluding hydrogens is 252 g/mol. The maximum atomic E-state index is 11.8. The molecule has 3 N–H and O–H groups in total. The molecule has 118 valence electrons. The van der Waals surface area contributed by atoms with Crippen LogP contribution in [-0.2, 0) is 4.79 Å². The van der Waals surface area contributed by atoms with E-state index in [9.17, 15) is 4.79 Å². The number of hydrogen-bond donors (Lipinski definition) is 2. The average molecular weight is 284 g/mol. The lowest BCUT2D eigenvalue weighted by Crippen LogP contribution is -2.57. The zero-order valence-corrected chi connectivity index (χ0v) is 13.6. The molecule has 0 aromatic heterocycles. The summed E-state index contributed by atoms with van der Waals surface area (Å²) >= 11 is 0. The molecule has 0 aliphatic carbocycles. The maximum absolute atomic E-state index is 11.8. The molecule has 1 saturated heterocycles.